The molecule has 0 fully saturated rings. The molecule has 0 atom stereocenters. The third-order valence-corrected chi connectivity index (χ3v) is 11.8. The van der Waals surface area contributed by atoms with E-state index in [2.05, 4.69) is 252 Å². The predicted molar refractivity (Wildman–Crippen MR) is 257 cm³/mol. The molecule has 0 unspecified atom stereocenters. The van der Waals surface area contributed by atoms with Crippen LogP contribution < -0.4 is 9.80 Å². The topological polar surface area (TPSA) is 6.48 Å². The highest BCUT2D eigenvalue weighted by molar-refractivity contribution is 6.11. The number of fused-ring (bicyclic) bond motifs is 5. The van der Waals surface area contributed by atoms with E-state index in [9.17, 15) is 0 Å². The molecule has 60 heavy (non-hydrogen) atoms. The van der Waals surface area contributed by atoms with Crippen molar-refractivity contribution in [3.63, 3.8) is 0 Å². The number of benzene rings is 11. The maximum Gasteiger partial charge on any atom is 0.0540 e. The van der Waals surface area contributed by atoms with Gasteiger partial charge in [-0.05, 0) is 115 Å². The summed E-state index contributed by atoms with van der Waals surface area (Å²) in [5.74, 6) is 0. The summed E-state index contributed by atoms with van der Waals surface area (Å²) in [5.41, 5.74) is 11.5. The highest BCUT2D eigenvalue weighted by Gasteiger charge is 2.19. The van der Waals surface area contributed by atoms with Gasteiger partial charge in [0.15, 0.2) is 0 Å². The van der Waals surface area contributed by atoms with Crippen molar-refractivity contribution in [2.75, 3.05) is 9.80 Å². The lowest BCUT2D eigenvalue weighted by Gasteiger charge is -2.28. The Morgan fingerprint density at radius 2 is 0.567 bits per heavy atom. The molecule has 11 aromatic carbocycles. The highest BCUT2D eigenvalue weighted by atomic mass is 15.1. The molecule has 0 aliphatic heterocycles. The Morgan fingerprint density at radius 3 is 1.03 bits per heavy atom. The van der Waals surface area contributed by atoms with Crippen molar-refractivity contribution >= 4 is 77.2 Å². The maximum absolute atomic E-state index is 2.41. The maximum atomic E-state index is 2.41. The Balaban J connectivity index is 1.05. The van der Waals surface area contributed by atoms with E-state index in [-0.39, 0.29) is 0 Å². The van der Waals surface area contributed by atoms with Crippen LogP contribution in [0, 0.1) is 0 Å². The van der Waals surface area contributed by atoms with Gasteiger partial charge in [-0.2, -0.15) is 0 Å². The van der Waals surface area contributed by atoms with Crippen molar-refractivity contribution in [2.24, 2.45) is 0 Å². The Labute approximate surface area is 350 Å². The van der Waals surface area contributed by atoms with E-state index < -0.39 is 0 Å². The monoisotopic (exact) mass is 764 g/mol. The van der Waals surface area contributed by atoms with Crippen molar-refractivity contribution in [1.82, 2.24) is 0 Å². The molecule has 0 spiro atoms. The van der Waals surface area contributed by atoms with Gasteiger partial charge in [-0.15, -0.1) is 0 Å². The fourth-order valence-electron chi connectivity index (χ4n) is 8.90. The minimum atomic E-state index is 1.11. The van der Waals surface area contributed by atoms with Gasteiger partial charge < -0.3 is 9.80 Å². The molecular formula is C58H40N2. The predicted octanol–water partition coefficient (Wildman–Crippen LogP) is 16.6. The summed E-state index contributed by atoms with van der Waals surface area (Å²) in [5, 5.41) is 9.68. The first-order valence-corrected chi connectivity index (χ1v) is 20.6. The van der Waals surface area contributed by atoms with E-state index in [1.54, 1.807) is 0 Å². The molecule has 11 aromatic rings. The summed E-state index contributed by atoms with van der Waals surface area (Å²) in [7, 11) is 0. The molecule has 0 saturated heterocycles. The largest absolute Gasteiger partial charge is 0.310 e. The van der Waals surface area contributed by atoms with Crippen LogP contribution in [0.1, 0.15) is 0 Å². The second-order valence-electron chi connectivity index (χ2n) is 15.4. The van der Waals surface area contributed by atoms with Crippen LogP contribution in [0.3, 0.4) is 0 Å². The molecule has 2 nitrogen and oxygen atoms in total. The Hall–Kier alpha value is -7.94. The molecule has 2 heteroatoms. The number of hydrogen-bond acceptors (Lipinski definition) is 2. The van der Waals surface area contributed by atoms with Gasteiger partial charge in [0.05, 0.1) is 11.4 Å². The summed E-state index contributed by atoms with van der Waals surface area (Å²) in [6, 6.07) is 88.0. The van der Waals surface area contributed by atoms with Gasteiger partial charge in [0, 0.05) is 33.5 Å². The standard InChI is InChI=1S/C58H40N2/c1-3-15-41(16-4-1)45-23-11-25-49(37-45)59(57-29-13-21-43-19-7-9-27-55(43)57)51-33-35-53-47(39-51)31-32-48-40-52(34-36-54(48)53)60(58-30-14-22-44-20-8-10-28-56(44)58)50-26-12-24-46(38-50)42-17-5-2-6-18-42/h1-40H. The van der Waals surface area contributed by atoms with Gasteiger partial charge in [-0.3, -0.25) is 0 Å². The number of hydrogen-bond donors (Lipinski definition) is 0. The van der Waals surface area contributed by atoms with Gasteiger partial charge >= 0.3 is 0 Å². The molecule has 0 amide bonds. The minimum Gasteiger partial charge on any atom is -0.310 e. The fourth-order valence-corrected chi connectivity index (χ4v) is 8.90. The van der Waals surface area contributed by atoms with Crippen LogP contribution in [0.15, 0.2) is 243 Å². The summed E-state index contributed by atoms with van der Waals surface area (Å²) in [4.78, 5) is 4.82. The van der Waals surface area contributed by atoms with Crippen LogP contribution in [-0.2, 0) is 0 Å². The summed E-state index contributed by atoms with van der Waals surface area (Å²) in [6.07, 6.45) is 0. The molecule has 282 valence electrons. The zero-order valence-electron chi connectivity index (χ0n) is 33.0. The average molecular weight is 765 g/mol. The van der Waals surface area contributed by atoms with E-state index in [0.29, 0.717) is 0 Å². The number of nitrogens with zero attached hydrogens (tertiary/aromatic N) is 2. The normalized spacial score (nSPS) is 11.3. The first-order valence-electron chi connectivity index (χ1n) is 20.6. The average Bonchev–Trinajstić information content (AvgIpc) is 3.32. The third kappa shape index (κ3) is 6.41. The lowest BCUT2D eigenvalue weighted by atomic mass is 9.98. The lowest BCUT2D eigenvalue weighted by Crippen LogP contribution is -2.11. The Morgan fingerprint density at radius 1 is 0.200 bits per heavy atom. The van der Waals surface area contributed by atoms with Gasteiger partial charge in [0.25, 0.3) is 0 Å². The minimum absolute atomic E-state index is 1.11. The molecule has 11 rings (SSSR count). The number of anilines is 6. The van der Waals surface area contributed by atoms with Crippen molar-refractivity contribution in [1.29, 1.82) is 0 Å². The van der Waals surface area contributed by atoms with E-state index in [4.69, 9.17) is 0 Å². The van der Waals surface area contributed by atoms with E-state index >= 15 is 0 Å². The Kier molecular flexibility index (Phi) is 8.87. The third-order valence-electron chi connectivity index (χ3n) is 11.8. The first-order chi connectivity index (χ1) is 29.7. The van der Waals surface area contributed by atoms with E-state index in [1.807, 2.05) is 0 Å². The summed E-state index contributed by atoms with van der Waals surface area (Å²) >= 11 is 0. The Bertz CT molecular complexity index is 3100. The zero-order chi connectivity index (χ0) is 39.8. The molecule has 0 N–H and O–H groups in total. The molecule has 0 saturated carbocycles. The quantitative estimate of drug-likeness (QED) is 0.142. The zero-order valence-corrected chi connectivity index (χ0v) is 33.0. The molecule has 0 aromatic heterocycles. The molecule has 0 heterocycles. The van der Waals surface area contributed by atoms with Crippen LogP contribution in [0.25, 0.3) is 65.3 Å². The van der Waals surface area contributed by atoms with Gasteiger partial charge in [0.2, 0.25) is 0 Å². The van der Waals surface area contributed by atoms with Crippen LogP contribution >= 0.6 is 0 Å². The van der Waals surface area contributed by atoms with E-state index in [0.717, 1.165) is 34.1 Å². The van der Waals surface area contributed by atoms with E-state index in [1.165, 1.54) is 65.3 Å². The molecule has 0 radical (unpaired) electrons. The fraction of sp³-hybridized carbons (Fsp3) is 0. The van der Waals surface area contributed by atoms with Crippen LogP contribution in [-0.4, -0.2) is 0 Å². The summed E-state index contributed by atoms with van der Waals surface area (Å²) < 4.78 is 0. The first kappa shape index (κ1) is 35.2. The van der Waals surface area contributed by atoms with Crippen LogP contribution in [0.2, 0.25) is 0 Å². The summed E-state index contributed by atoms with van der Waals surface area (Å²) in [6.45, 7) is 0. The van der Waals surface area contributed by atoms with Crippen molar-refractivity contribution in [3.05, 3.63) is 243 Å². The van der Waals surface area contributed by atoms with Gasteiger partial charge in [0.1, 0.15) is 0 Å². The van der Waals surface area contributed by atoms with Crippen molar-refractivity contribution in [2.45, 2.75) is 0 Å². The van der Waals surface area contributed by atoms with Crippen LogP contribution in [0.5, 0.6) is 0 Å². The highest BCUT2D eigenvalue weighted by Crippen LogP contribution is 2.44. The molecule has 0 bridgehead atoms. The van der Waals surface area contributed by atoms with Crippen molar-refractivity contribution in [3.8, 4) is 22.3 Å². The second kappa shape index (κ2) is 15.1. The molecule has 0 aliphatic rings. The van der Waals surface area contributed by atoms with Gasteiger partial charge in [-0.1, -0.05) is 182 Å². The van der Waals surface area contributed by atoms with Crippen molar-refractivity contribution < 1.29 is 0 Å². The molecular weight excluding hydrogens is 725 g/mol. The molecule has 0 aliphatic carbocycles. The SMILES string of the molecule is c1ccc(-c2cccc(N(c3ccc4c(ccc5cc(N(c6cccc(-c7ccccc7)c6)c6cccc7ccccc67)ccc54)c3)c3cccc4ccccc34)c2)cc1. The van der Waals surface area contributed by atoms with Crippen LogP contribution in [0.4, 0.5) is 34.1 Å². The smallest absolute Gasteiger partial charge is 0.0540 e. The lowest BCUT2D eigenvalue weighted by molar-refractivity contribution is 1.30. The van der Waals surface area contributed by atoms with Gasteiger partial charge in [-0.25, -0.2) is 0 Å². The second-order valence-corrected chi connectivity index (χ2v) is 15.4. The number of rotatable bonds is 8.